The fourth-order valence-electron chi connectivity index (χ4n) is 2.21. The van der Waals surface area contributed by atoms with Gasteiger partial charge >= 0.3 is 0 Å². The van der Waals surface area contributed by atoms with E-state index < -0.39 is 6.04 Å². The van der Waals surface area contributed by atoms with Crippen molar-refractivity contribution in [1.82, 2.24) is 15.1 Å². The van der Waals surface area contributed by atoms with Crippen molar-refractivity contribution in [2.45, 2.75) is 25.4 Å². The van der Waals surface area contributed by atoms with Gasteiger partial charge in [-0.25, -0.2) is 0 Å². The van der Waals surface area contributed by atoms with E-state index in [-0.39, 0.29) is 30.8 Å². The molecular weight excluding hydrogens is 274 g/mol. The van der Waals surface area contributed by atoms with Gasteiger partial charge in [0.1, 0.15) is 11.8 Å². The third-order valence-electron chi connectivity index (χ3n) is 3.45. The summed E-state index contributed by atoms with van der Waals surface area (Å²) in [4.78, 5) is 38.4. The minimum atomic E-state index is -0.544. The summed E-state index contributed by atoms with van der Waals surface area (Å²) < 4.78 is 5.22. The number of carbonyl (C=O) groups excluding carboxylic acids is 3. The maximum atomic E-state index is 12.2. The highest BCUT2D eigenvalue weighted by Gasteiger charge is 2.36. The molecule has 2 heterocycles. The quantitative estimate of drug-likeness (QED) is 0.827. The van der Waals surface area contributed by atoms with Gasteiger partial charge in [-0.2, -0.15) is 0 Å². The first-order chi connectivity index (χ1) is 9.99. The van der Waals surface area contributed by atoms with Crippen LogP contribution in [0.25, 0.3) is 0 Å². The van der Waals surface area contributed by atoms with Gasteiger partial charge < -0.3 is 19.5 Å². The van der Waals surface area contributed by atoms with Crippen LogP contribution in [0, 0.1) is 0 Å². The number of rotatable bonds is 5. The molecule has 3 amide bonds. The van der Waals surface area contributed by atoms with E-state index in [0.29, 0.717) is 18.6 Å². The summed E-state index contributed by atoms with van der Waals surface area (Å²) in [6.07, 6.45) is 2.32. The van der Waals surface area contributed by atoms with Crippen molar-refractivity contribution in [1.29, 1.82) is 0 Å². The molecule has 0 aromatic carbocycles. The number of hydrogen-bond acceptors (Lipinski definition) is 4. The monoisotopic (exact) mass is 293 g/mol. The summed E-state index contributed by atoms with van der Waals surface area (Å²) in [6, 6.07) is 2.95. The van der Waals surface area contributed by atoms with Gasteiger partial charge in [0, 0.05) is 20.5 Å². The molecule has 0 aliphatic carbocycles. The second-order valence-corrected chi connectivity index (χ2v) is 5.16. The standard InChI is InChI=1S/C14H19N3O4/c1-16(2)13(19)8-15-14(20)11-5-6-12(18)17(11)9-10-4-3-7-21-10/h3-4,7,11H,5-6,8-9H2,1-2H3,(H,15,20)/t11-/m0/s1. The SMILES string of the molecule is CN(C)C(=O)CNC(=O)[C@@H]1CCC(=O)N1Cc1ccco1. The van der Waals surface area contributed by atoms with Crippen molar-refractivity contribution < 1.29 is 18.8 Å². The van der Waals surface area contributed by atoms with Crippen molar-refractivity contribution in [2.24, 2.45) is 0 Å². The van der Waals surface area contributed by atoms with Gasteiger partial charge in [0.25, 0.3) is 0 Å². The van der Waals surface area contributed by atoms with Crippen LogP contribution in [0.5, 0.6) is 0 Å². The van der Waals surface area contributed by atoms with Crippen molar-refractivity contribution in [2.75, 3.05) is 20.6 Å². The normalized spacial score (nSPS) is 17.9. The molecule has 1 fully saturated rings. The van der Waals surface area contributed by atoms with Gasteiger partial charge in [-0.15, -0.1) is 0 Å². The Bertz CT molecular complexity index is 524. The van der Waals surface area contributed by atoms with E-state index in [1.54, 1.807) is 26.2 Å². The van der Waals surface area contributed by atoms with Gasteiger partial charge in [0.05, 0.1) is 19.4 Å². The third-order valence-corrected chi connectivity index (χ3v) is 3.45. The first-order valence-electron chi connectivity index (χ1n) is 6.78. The van der Waals surface area contributed by atoms with E-state index in [9.17, 15) is 14.4 Å². The molecule has 1 N–H and O–H groups in total. The smallest absolute Gasteiger partial charge is 0.243 e. The van der Waals surface area contributed by atoms with Crippen LogP contribution in [0.1, 0.15) is 18.6 Å². The molecule has 1 aromatic rings. The Hall–Kier alpha value is -2.31. The molecule has 1 aromatic heterocycles. The number of nitrogens with zero attached hydrogens (tertiary/aromatic N) is 2. The molecule has 1 atom stereocenters. The molecular formula is C14H19N3O4. The van der Waals surface area contributed by atoms with Gasteiger partial charge in [-0.3, -0.25) is 14.4 Å². The molecule has 7 nitrogen and oxygen atoms in total. The molecule has 0 radical (unpaired) electrons. The summed E-state index contributed by atoms with van der Waals surface area (Å²) in [7, 11) is 3.24. The number of likely N-dealkylation sites (N-methyl/N-ethyl adjacent to an activating group) is 1. The van der Waals surface area contributed by atoms with E-state index in [1.165, 1.54) is 16.1 Å². The Morgan fingerprint density at radius 3 is 2.86 bits per heavy atom. The zero-order chi connectivity index (χ0) is 15.4. The molecule has 1 aliphatic heterocycles. The van der Waals surface area contributed by atoms with E-state index in [4.69, 9.17) is 4.42 Å². The van der Waals surface area contributed by atoms with Crippen molar-refractivity contribution in [3.63, 3.8) is 0 Å². The van der Waals surface area contributed by atoms with Crippen LogP contribution in [0.2, 0.25) is 0 Å². The topological polar surface area (TPSA) is 82.9 Å². The van der Waals surface area contributed by atoms with E-state index >= 15 is 0 Å². The van der Waals surface area contributed by atoms with E-state index in [0.717, 1.165) is 0 Å². The highest BCUT2D eigenvalue weighted by atomic mass is 16.3. The van der Waals surface area contributed by atoms with Crippen LogP contribution in [0.3, 0.4) is 0 Å². The van der Waals surface area contributed by atoms with Gasteiger partial charge in [0.2, 0.25) is 17.7 Å². The number of hydrogen-bond donors (Lipinski definition) is 1. The number of furan rings is 1. The minimum Gasteiger partial charge on any atom is -0.467 e. The first-order valence-corrected chi connectivity index (χ1v) is 6.78. The van der Waals surface area contributed by atoms with Crippen molar-refractivity contribution >= 4 is 17.7 Å². The Morgan fingerprint density at radius 2 is 2.24 bits per heavy atom. The number of amides is 3. The molecule has 1 aliphatic rings. The summed E-state index contributed by atoms with van der Waals surface area (Å²) in [5.41, 5.74) is 0. The fourth-order valence-corrected chi connectivity index (χ4v) is 2.21. The molecule has 0 bridgehead atoms. The van der Waals surface area contributed by atoms with Crippen LogP contribution in [0.4, 0.5) is 0 Å². The molecule has 114 valence electrons. The van der Waals surface area contributed by atoms with Crippen molar-refractivity contribution in [3.8, 4) is 0 Å². The predicted octanol–water partition coefficient (Wildman–Crippen LogP) is -0.0250. The van der Waals surface area contributed by atoms with Crippen LogP contribution < -0.4 is 5.32 Å². The lowest BCUT2D eigenvalue weighted by atomic mass is 10.2. The fraction of sp³-hybridized carbons (Fsp3) is 0.500. The minimum absolute atomic E-state index is 0.0644. The lowest BCUT2D eigenvalue weighted by Gasteiger charge is -2.23. The average molecular weight is 293 g/mol. The van der Waals surface area contributed by atoms with Gasteiger partial charge in [-0.05, 0) is 18.6 Å². The van der Waals surface area contributed by atoms with Gasteiger partial charge in [0.15, 0.2) is 0 Å². The number of nitrogens with one attached hydrogen (secondary N) is 1. The molecule has 0 saturated carbocycles. The van der Waals surface area contributed by atoms with E-state index in [1.807, 2.05) is 0 Å². The molecule has 21 heavy (non-hydrogen) atoms. The van der Waals surface area contributed by atoms with E-state index in [2.05, 4.69) is 5.32 Å². The Labute approximate surface area is 122 Å². The largest absolute Gasteiger partial charge is 0.467 e. The van der Waals surface area contributed by atoms with Crippen LogP contribution in [-0.2, 0) is 20.9 Å². The van der Waals surface area contributed by atoms with Crippen molar-refractivity contribution in [3.05, 3.63) is 24.2 Å². The summed E-state index contributed by atoms with van der Waals surface area (Å²) in [6.45, 7) is 0.205. The lowest BCUT2D eigenvalue weighted by Crippen LogP contribution is -2.46. The lowest BCUT2D eigenvalue weighted by molar-refractivity contribution is -0.137. The average Bonchev–Trinajstić information content (AvgIpc) is 3.07. The summed E-state index contributed by atoms with van der Waals surface area (Å²) in [5, 5.41) is 2.58. The van der Waals surface area contributed by atoms with Crippen LogP contribution in [0.15, 0.2) is 22.8 Å². The zero-order valence-corrected chi connectivity index (χ0v) is 12.2. The summed E-state index contributed by atoms with van der Waals surface area (Å²) in [5.74, 6) is 0.0609. The highest BCUT2D eigenvalue weighted by molar-refractivity contribution is 5.92. The van der Waals surface area contributed by atoms with Crippen LogP contribution >= 0.6 is 0 Å². The Morgan fingerprint density at radius 1 is 1.48 bits per heavy atom. The maximum Gasteiger partial charge on any atom is 0.243 e. The predicted molar refractivity (Wildman–Crippen MR) is 74.0 cm³/mol. The number of carbonyl (C=O) groups is 3. The summed E-state index contributed by atoms with van der Waals surface area (Å²) >= 11 is 0. The second-order valence-electron chi connectivity index (χ2n) is 5.16. The second kappa shape index (κ2) is 6.43. The third kappa shape index (κ3) is 3.62. The molecule has 2 rings (SSSR count). The first kappa shape index (κ1) is 15.1. The molecule has 0 unspecified atom stereocenters. The molecule has 0 spiro atoms. The number of likely N-dealkylation sites (tertiary alicyclic amines) is 1. The highest BCUT2D eigenvalue weighted by Crippen LogP contribution is 2.21. The maximum absolute atomic E-state index is 12.2. The Balaban J connectivity index is 1.95. The Kier molecular flexibility index (Phi) is 4.62. The van der Waals surface area contributed by atoms with Gasteiger partial charge in [-0.1, -0.05) is 0 Å². The van der Waals surface area contributed by atoms with Crippen LogP contribution in [-0.4, -0.2) is 54.2 Å². The molecule has 7 heteroatoms. The zero-order valence-electron chi connectivity index (χ0n) is 12.2. The molecule has 1 saturated heterocycles.